The molecule has 0 fully saturated rings. The molecule has 0 unspecified atom stereocenters. The predicted octanol–water partition coefficient (Wildman–Crippen LogP) is 2.31. The molecule has 0 spiro atoms. The minimum absolute atomic E-state index is 0. The predicted molar refractivity (Wildman–Crippen MR) is 52.5 cm³/mol. The summed E-state index contributed by atoms with van der Waals surface area (Å²) in [5.74, 6) is 0. The normalized spacial score (nSPS) is 6.23. The molecule has 1 aromatic carbocycles. The Bertz CT molecular complexity index is 198. The maximum atomic E-state index is 7.50. The summed E-state index contributed by atoms with van der Waals surface area (Å²) in [7, 11) is 0. The summed E-state index contributed by atoms with van der Waals surface area (Å²) in [4.78, 5) is 0. The van der Waals surface area contributed by atoms with Crippen LogP contribution in [0.15, 0.2) is 24.3 Å². The largest absolute Gasteiger partial charge is 0 e. The van der Waals surface area contributed by atoms with Gasteiger partial charge in [0.1, 0.15) is 0 Å². The van der Waals surface area contributed by atoms with Crippen LogP contribution in [0.3, 0.4) is 0 Å². The van der Waals surface area contributed by atoms with Gasteiger partial charge in [-0.1, -0.05) is 22.6 Å². The van der Waals surface area contributed by atoms with E-state index in [0.717, 1.165) is 0 Å². The fraction of sp³-hybridized carbons (Fsp3) is 0.222. The summed E-state index contributed by atoms with van der Waals surface area (Å²) in [6.07, 6.45) is 1.22. The molecule has 0 bridgehead atoms. The van der Waals surface area contributed by atoms with Crippen molar-refractivity contribution < 1.29 is 26.4 Å². The van der Waals surface area contributed by atoms with Gasteiger partial charge in [-0.05, 0) is 6.42 Å². The third kappa shape index (κ3) is 12.1. The molecular formula is C9H8IMnO2-. The average molecular weight is 330 g/mol. The van der Waals surface area contributed by atoms with Crippen LogP contribution >= 0.6 is 22.6 Å². The molecule has 2 nitrogen and oxygen atoms in total. The van der Waals surface area contributed by atoms with Crippen molar-refractivity contribution >= 4 is 22.6 Å². The molecular weight excluding hydrogens is 322 g/mol. The van der Waals surface area contributed by atoms with Crippen molar-refractivity contribution in [3.8, 4) is 0 Å². The van der Waals surface area contributed by atoms with E-state index >= 15 is 0 Å². The molecule has 0 amide bonds. The van der Waals surface area contributed by atoms with Crippen molar-refractivity contribution in [3.63, 3.8) is 0 Å². The molecule has 0 saturated heterocycles. The Hall–Kier alpha value is 0.0795. The fourth-order valence-electron chi connectivity index (χ4n) is 0.690. The van der Waals surface area contributed by atoms with Crippen LogP contribution in [0.1, 0.15) is 5.56 Å². The molecule has 1 aromatic rings. The standard InChI is InChI=1S/C7H8I.2CO.Mn/c8-6-5-7-3-1-2-4-7;2*1-2;/h1-4H,5-6H2;;;/q-1;;;. The van der Waals surface area contributed by atoms with Crippen molar-refractivity contribution in [2.75, 3.05) is 4.43 Å². The summed E-state index contributed by atoms with van der Waals surface area (Å²) in [6, 6.07) is 8.50. The topological polar surface area (TPSA) is 39.8 Å². The van der Waals surface area contributed by atoms with E-state index in [9.17, 15) is 0 Å². The first-order chi connectivity index (χ1) is 5.93. The summed E-state index contributed by atoms with van der Waals surface area (Å²) in [5.41, 5.74) is 1.46. The van der Waals surface area contributed by atoms with E-state index in [2.05, 4.69) is 60.2 Å². The van der Waals surface area contributed by atoms with E-state index in [4.69, 9.17) is 9.30 Å². The molecule has 0 saturated carbocycles. The van der Waals surface area contributed by atoms with Gasteiger partial charge in [0.05, 0.1) is 0 Å². The number of hydrogen-bond acceptors (Lipinski definition) is 0. The van der Waals surface area contributed by atoms with Gasteiger partial charge >= 0.3 is 22.6 Å². The molecule has 13 heavy (non-hydrogen) atoms. The first-order valence-electron chi connectivity index (χ1n) is 3.11. The Morgan fingerprint density at radius 1 is 1.31 bits per heavy atom. The second kappa shape index (κ2) is 18.0. The molecule has 1 rings (SSSR count). The number of hydrogen-bond donors (Lipinski definition) is 0. The number of rotatable bonds is 2. The Balaban J connectivity index is -0.000000178. The van der Waals surface area contributed by atoms with Crippen LogP contribution in [-0.4, -0.2) is 4.43 Å². The van der Waals surface area contributed by atoms with Gasteiger partial charge in [0.25, 0.3) is 0 Å². The number of alkyl halides is 1. The molecule has 0 heterocycles. The first kappa shape index (κ1) is 18.8. The Kier molecular flexibility index (Phi) is 26.0. The maximum absolute atomic E-state index is 7.50. The van der Waals surface area contributed by atoms with Gasteiger partial charge in [-0.3, -0.25) is 0 Å². The molecule has 0 atom stereocenters. The summed E-state index contributed by atoms with van der Waals surface area (Å²) in [5, 5.41) is 0. The van der Waals surface area contributed by atoms with E-state index in [1.165, 1.54) is 16.4 Å². The average Bonchev–Trinajstić information content (AvgIpc) is 2.65. The van der Waals surface area contributed by atoms with E-state index in [-0.39, 0.29) is 17.1 Å². The molecule has 0 aliphatic rings. The fourth-order valence-corrected chi connectivity index (χ4v) is 1.31. The van der Waals surface area contributed by atoms with E-state index in [0.29, 0.717) is 0 Å². The van der Waals surface area contributed by atoms with Crippen molar-refractivity contribution in [1.82, 2.24) is 0 Å². The van der Waals surface area contributed by atoms with Crippen LogP contribution in [0.2, 0.25) is 0 Å². The molecule has 4 heteroatoms. The SMILES string of the molecule is ICCc1ccc[cH-]1.[C-]#[O+].[C-]#[O+].[Mn]. The van der Waals surface area contributed by atoms with Crippen LogP contribution in [0, 0.1) is 13.3 Å². The van der Waals surface area contributed by atoms with Crippen LogP contribution in [0.5, 0.6) is 0 Å². The van der Waals surface area contributed by atoms with E-state index < -0.39 is 0 Å². The second-order valence-corrected chi connectivity index (χ2v) is 2.81. The molecule has 71 valence electrons. The van der Waals surface area contributed by atoms with Crippen molar-refractivity contribution in [1.29, 1.82) is 0 Å². The van der Waals surface area contributed by atoms with Crippen molar-refractivity contribution in [2.45, 2.75) is 6.42 Å². The van der Waals surface area contributed by atoms with Crippen LogP contribution in [-0.2, 0) is 32.8 Å². The first-order valence-corrected chi connectivity index (χ1v) is 4.63. The van der Waals surface area contributed by atoms with Gasteiger partial charge < -0.3 is 0 Å². The number of halogens is 1. The summed E-state index contributed by atoms with van der Waals surface area (Å²) < 4.78 is 16.2. The zero-order valence-corrected chi connectivity index (χ0v) is 10.1. The van der Waals surface area contributed by atoms with Crippen LogP contribution in [0.25, 0.3) is 0 Å². The smallest absolute Gasteiger partial charge is 0 e. The summed E-state index contributed by atoms with van der Waals surface area (Å²) in [6.45, 7) is 9.00. The quantitative estimate of drug-likeness (QED) is 0.263. The van der Waals surface area contributed by atoms with Gasteiger partial charge in [-0.15, -0.1) is 0 Å². The third-order valence-corrected chi connectivity index (χ3v) is 1.65. The minimum Gasteiger partial charge on any atom is 0 e. The van der Waals surface area contributed by atoms with Crippen molar-refractivity contribution in [2.24, 2.45) is 0 Å². The minimum atomic E-state index is 0. The van der Waals surface area contributed by atoms with Gasteiger partial charge in [-0.25, -0.2) is 12.1 Å². The van der Waals surface area contributed by atoms with Gasteiger partial charge in [0, 0.05) is 21.5 Å². The zero-order valence-electron chi connectivity index (χ0n) is 6.80. The van der Waals surface area contributed by atoms with Gasteiger partial charge in [-0.2, -0.15) is 17.7 Å². The molecule has 0 N–H and O–H groups in total. The Morgan fingerprint density at radius 2 is 1.85 bits per heavy atom. The molecule has 0 aromatic heterocycles. The molecule has 1 radical (unpaired) electrons. The number of aryl methyl sites for hydroxylation is 1. The monoisotopic (exact) mass is 330 g/mol. The zero-order chi connectivity index (χ0) is 9.82. The van der Waals surface area contributed by atoms with Gasteiger partial charge in [0.2, 0.25) is 0 Å². The maximum Gasteiger partial charge on any atom is 0 e. The van der Waals surface area contributed by atoms with E-state index in [1.54, 1.807) is 0 Å². The van der Waals surface area contributed by atoms with E-state index in [1.807, 2.05) is 0 Å². The second-order valence-electron chi connectivity index (χ2n) is 1.73. The third-order valence-electron chi connectivity index (χ3n) is 1.11. The van der Waals surface area contributed by atoms with Crippen molar-refractivity contribution in [3.05, 3.63) is 43.1 Å². The summed E-state index contributed by atoms with van der Waals surface area (Å²) >= 11 is 2.39. The molecule has 0 aliphatic carbocycles. The van der Waals surface area contributed by atoms with Gasteiger partial charge in [0.15, 0.2) is 0 Å². The van der Waals surface area contributed by atoms with Crippen LogP contribution < -0.4 is 0 Å². The Labute approximate surface area is 103 Å². The Morgan fingerprint density at radius 3 is 2.15 bits per heavy atom. The molecule has 0 aliphatic heterocycles. The van der Waals surface area contributed by atoms with Crippen LogP contribution in [0.4, 0.5) is 0 Å².